The lowest BCUT2D eigenvalue weighted by atomic mass is 10.3. The highest BCUT2D eigenvalue weighted by Gasteiger charge is 2.15. The fraction of sp³-hybridized carbons (Fsp3) is 0.278. The summed E-state index contributed by atoms with van der Waals surface area (Å²) in [6, 6.07) is 5.53. The van der Waals surface area contributed by atoms with Crippen LogP contribution in [0.25, 0.3) is 4.85 Å². The number of carbonyl (C=O) groups excluding carboxylic acids is 1. The second kappa shape index (κ2) is 18.0. The number of thioether (sulfide) groups is 3. The van der Waals surface area contributed by atoms with Crippen LogP contribution >= 0.6 is 60.1 Å². The molecular formula is C18H18N6O3S5. The van der Waals surface area contributed by atoms with Crippen molar-refractivity contribution in [3.8, 4) is 18.2 Å². The standard InChI is InChI=1S/C8H5N3OS2.C7H9NO2S2.C3H4N2S/c1-10-5-6(14-2)4(3-9)8(13)11-7(5)12;1-10-6(9)5(4-8)7(11-2)12-3;4-2-1-3(5)6/h2H3,(H2,11,12,13);1-3H3;1H2,(H2,5,6). The Balaban J connectivity index is 0. The van der Waals surface area contributed by atoms with E-state index in [0.717, 1.165) is 0 Å². The number of H-pyrrole nitrogens is 1. The smallest absolute Gasteiger partial charge is 0.350 e. The predicted molar refractivity (Wildman–Crippen MR) is 136 cm³/mol. The number of thiol groups is 1. The van der Waals surface area contributed by atoms with E-state index in [1.165, 1.54) is 42.4 Å². The van der Waals surface area contributed by atoms with Crippen LogP contribution < -0.4 is 11.3 Å². The zero-order chi connectivity index (χ0) is 25.3. The lowest BCUT2D eigenvalue weighted by molar-refractivity contribution is -0.135. The van der Waals surface area contributed by atoms with Gasteiger partial charge in [0.25, 0.3) is 11.2 Å². The van der Waals surface area contributed by atoms with Gasteiger partial charge in [0, 0.05) is 4.90 Å². The number of pyridine rings is 1. The van der Waals surface area contributed by atoms with Crippen LogP contribution in [0.5, 0.6) is 0 Å². The Hall–Kier alpha value is -2.59. The molecule has 1 aromatic heterocycles. The Morgan fingerprint density at radius 3 is 2.16 bits per heavy atom. The summed E-state index contributed by atoms with van der Waals surface area (Å²) in [6.07, 6.45) is 5.52. The number of nitriles is 3. The number of thiocarbonyl (C=S) groups is 1. The molecule has 3 N–H and O–H groups in total. The molecule has 9 nitrogen and oxygen atoms in total. The summed E-state index contributed by atoms with van der Waals surface area (Å²) in [6.45, 7) is 6.83. The molecule has 0 bridgehead atoms. The third-order valence-electron chi connectivity index (χ3n) is 2.88. The molecule has 32 heavy (non-hydrogen) atoms. The average molecular weight is 527 g/mol. The lowest BCUT2D eigenvalue weighted by Crippen LogP contribution is -2.08. The molecule has 0 aliphatic rings. The average Bonchev–Trinajstić information content (AvgIpc) is 2.77. The molecule has 0 aliphatic heterocycles. The van der Waals surface area contributed by atoms with Gasteiger partial charge in [0.15, 0.2) is 5.57 Å². The number of esters is 1. The van der Waals surface area contributed by atoms with Crippen LogP contribution in [-0.4, -0.2) is 41.8 Å². The van der Waals surface area contributed by atoms with Crippen molar-refractivity contribution in [2.24, 2.45) is 5.73 Å². The van der Waals surface area contributed by atoms with Gasteiger partial charge in [-0.3, -0.25) is 4.79 Å². The van der Waals surface area contributed by atoms with E-state index in [1.54, 1.807) is 12.3 Å². The third kappa shape index (κ3) is 10.6. The van der Waals surface area contributed by atoms with Crippen molar-refractivity contribution in [3.05, 3.63) is 37.1 Å². The first-order valence-electron chi connectivity index (χ1n) is 7.90. The van der Waals surface area contributed by atoms with Gasteiger partial charge in [0.05, 0.1) is 46.0 Å². The number of hydrogen-bond donors (Lipinski definition) is 3. The summed E-state index contributed by atoms with van der Waals surface area (Å²) in [5.41, 5.74) is 4.68. The highest BCUT2D eigenvalue weighted by atomic mass is 32.2. The normalized spacial score (nSPS) is 8.41. The Kier molecular flexibility index (Phi) is 17.8. The van der Waals surface area contributed by atoms with E-state index in [-0.39, 0.29) is 33.3 Å². The maximum Gasteiger partial charge on any atom is 0.350 e. The van der Waals surface area contributed by atoms with Gasteiger partial charge in [0.1, 0.15) is 12.1 Å². The van der Waals surface area contributed by atoms with Gasteiger partial charge in [-0.05, 0) is 18.8 Å². The maximum absolute atomic E-state index is 11.3. The summed E-state index contributed by atoms with van der Waals surface area (Å²) in [5.74, 6) is -0.573. The van der Waals surface area contributed by atoms with Crippen molar-refractivity contribution in [1.82, 2.24) is 4.98 Å². The lowest BCUT2D eigenvalue weighted by Gasteiger charge is -2.04. The highest BCUT2D eigenvalue weighted by Crippen LogP contribution is 2.30. The van der Waals surface area contributed by atoms with Gasteiger partial charge < -0.3 is 15.5 Å². The van der Waals surface area contributed by atoms with E-state index in [9.17, 15) is 9.59 Å². The Morgan fingerprint density at radius 1 is 1.31 bits per heavy atom. The monoisotopic (exact) mass is 526 g/mol. The summed E-state index contributed by atoms with van der Waals surface area (Å²) in [4.78, 5) is 28.3. The van der Waals surface area contributed by atoms with Crippen molar-refractivity contribution in [2.75, 3.05) is 25.9 Å². The number of nitrogens with zero attached hydrogens (tertiary/aromatic N) is 4. The molecule has 0 aromatic carbocycles. The van der Waals surface area contributed by atoms with Crippen molar-refractivity contribution < 1.29 is 9.53 Å². The molecule has 0 saturated carbocycles. The van der Waals surface area contributed by atoms with E-state index in [1.807, 2.05) is 24.6 Å². The second-order valence-corrected chi connectivity index (χ2v) is 8.44. The molecule has 168 valence electrons. The molecule has 1 rings (SSSR count). The fourth-order valence-electron chi connectivity index (χ4n) is 1.60. The van der Waals surface area contributed by atoms with Crippen molar-refractivity contribution >= 4 is 76.8 Å². The van der Waals surface area contributed by atoms with Gasteiger partial charge in [-0.15, -0.1) is 47.9 Å². The number of rotatable bonds is 5. The van der Waals surface area contributed by atoms with Gasteiger partial charge in [0.2, 0.25) is 0 Å². The Morgan fingerprint density at radius 2 is 1.88 bits per heavy atom. The molecule has 14 heteroatoms. The van der Waals surface area contributed by atoms with Crippen LogP contribution in [0.4, 0.5) is 5.69 Å². The van der Waals surface area contributed by atoms with Crippen LogP contribution in [0.1, 0.15) is 12.0 Å². The first-order chi connectivity index (χ1) is 15.1. The number of aromatic amines is 1. The molecule has 0 radical (unpaired) electrons. The second-order valence-electron chi connectivity index (χ2n) is 4.76. The van der Waals surface area contributed by atoms with Gasteiger partial charge >= 0.3 is 5.97 Å². The van der Waals surface area contributed by atoms with Crippen LogP contribution in [0, 0.1) is 40.6 Å². The van der Waals surface area contributed by atoms with Crippen LogP contribution in [-0.2, 0) is 9.53 Å². The minimum atomic E-state index is -0.573. The number of nitrogens with two attached hydrogens (primary N) is 1. The molecule has 0 spiro atoms. The zero-order valence-electron chi connectivity index (χ0n) is 17.4. The van der Waals surface area contributed by atoms with Crippen LogP contribution in [0.3, 0.4) is 0 Å². The number of carbonyl (C=O) groups is 1. The van der Waals surface area contributed by atoms with E-state index in [0.29, 0.717) is 9.13 Å². The number of ether oxygens (including phenoxy) is 1. The largest absolute Gasteiger partial charge is 0.465 e. The number of hydrogen-bond acceptors (Lipinski definition) is 11. The minimum absolute atomic E-state index is 0.0492. The number of aromatic nitrogens is 1. The first-order valence-corrected chi connectivity index (χ1v) is 12.4. The SMILES string of the molecule is COC(=O)C(C#N)=C(SC)SC.N#CCC(N)=S.[C-]#[N+]c1c(SC)c(C#N)c(S)[nH]c1=O. The van der Waals surface area contributed by atoms with Crippen molar-refractivity contribution in [3.63, 3.8) is 0 Å². The predicted octanol–water partition coefficient (Wildman–Crippen LogP) is 3.61. The highest BCUT2D eigenvalue weighted by molar-refractivity contribution is 8.21. The molecule has 0 fully saturated rings. The molecule has 0 unspecified atom stereocenters. The van der Waals surface area contributed by atoms with Gasteiger partial charge in [-0.1, -0.05) is 12.2 Å². The van der Waals surface area contributed by atoms with E-state index in [4.69, 9.17) is 28.1 Å². The molecule has 0 aliphatic carbocycles. The van der Waals surface area contributed by atoms with Crippen molar-refractivity contribution in [2.45, 2.75) is 16.3 Å². The van der Waals surface area contributed by atoms with Crippen LogP contribution in [0.2, 0.25) is 0 Å². The quantitative estimate of drug-likeness (QED) is 0.0977. The Bertz CT molecular complexity index is 1080. The summed E-state index contributed by atoms with van der Waals surface area (Å²) >= 11 is 12.2. The summed E-state index contributed by atoms with van der Waals surface area (Å²) < 4.78 is 5.13. The molecule has 0 amide bonds. The summed E-state index contributed by atoms with van der Waals surface area (Å²) in [5, 5.41) is 25.5. The summed E-state index contributed by atoms with van der Waals surface area (Å²) in [7, 11) is 1.26. The molecular weight excluding hydrogens is 509 g/mol. The van der Waals surface area contributed by atoms with Gasteiger partial charge in [-0.2, -0.15) is 15.8 Å². The molecule has 0 saturated heterocycles. The fourth-order valence-corrected chi connectivity index (χ4v) is 4.02. The van der Waals surface area contributed by atoms with Gasteiger partial charge in [-0.25, -0.2) is 9.64 Å². The molecule has 0 atom stereocenters. The third-order valence-corrected chi connectivity index (χ3v) is 6.32. The van der Waals surface area contributed by atoms with E-state index in [2.05, 4.69) is 39.4 Å². The number of methoxy groups -OCH3 is 1. The van der Waals surface area contributed by atoms with Crippen molar-refractivity contribution in [1.29, 1.82) is 15.8 Å². The maximum atomic E-state index is 11.3. The van der Waals surface area contributed by atoms with E-state index >= 15 is 0 Å². The van der Waals surface area contributed by atoms with Crippen LogP contribution in [0.15, 0.2) is 24.5 Å². The molecule has 1 heterocycles. The topological polar surface area (TPSA) is 161 Å². The Labute approximate surface area is 209 Å². The molecule has 1 aromatic rings. The van der Waals surface area contributed by atoms with E-state index < -0.39 is 11.5 Å². The number of nitrogens with one attached hydrogen (secondary N) is 1. The first kappa shape index (κ1) is 31.6. The zero-order valence-corrected chi connectivity index (χ0v) is 21.5. The minimum Gasteiger partial charge on any atom is -0.465 e.